The van der Waals surface area contributed by atoms with Crippen LogP contribution in [0.1, 0.15) is 18.5 Å². The normalized spacial score (nSPS) is 20.1. The van der Waals surface area contributed by atoms with E-state index in [1.807, 2.05) is 0 Å². The van der Waals surface area contributed by atoms with Gasteiger partial charge in [-0.25, -0.2) is 9.18 Å². The van der Waals surface area contributed by atoms with Crippen LogP contribution in [-0.4, -0.2) is 22.8 Å². The van der Waals surface area contributed by atoms with E-state index in [0.717, 1.165) is 0 Å². The maximum Gasteiger partial charge on any atom is 0.347 e. The molecule has 98 valence electrons. The highest BCUT2D eigenvalue weighted by atomic mass is 35.5. The van der Waals surface area contributed by atoms with Gasteiger partial charge in [0.2, 0.25) is 0 Å². The quantitative estimate of drug-likeness (QED) is 0.845. The number of hydrogen-bond acceptors (Lipinski definition) is 2. The molecular formula is C13H11ClFN3O. The Balaban J connectivity index is 2.46. The first-order valence-corrected chi connectivity index (χ1v) is 5.91. The first-order valence-electron chi connectivity index (χ1n) is 5.53. The molecule has 0 radical (unpaired) electrons. The van der Waals surface area contributed by atoms with Crippen LogP contribution in [0.15, 0.2) is 23.2 Å². The van der Waals surface area contributed by atoms with Crippen molar-refractivity contribution in [3.05, 3.63) is 34.6 Å². The Morgan fingerprint density at radius 3 is 2.89 bits per heavy atom. The van der Waals surface area contributed by atoms with Crippen LogP contribution in [0.2, 0.25) is 5.02 Å². The molecule has 0 fully saturated rings. The molecule has 2 atom stereocenters. The Morgan fingerprint density at radius 1 is 1.63 bits per heavy atom. The lowest BCUT2D eigenvalue weighted by molar-refractivity contribution is 0.199. The summed E-state index contributed by atoms with van der Waals surface area (Å²) < 4.78 is 13.2. The molecule has 0 spiro atoms. The third kappa shape index (κ3) is 2.27. The topological polar surface area (TPSA) is 58.7 Å². The summed E-state index contributed by atoms with van der Waals surface area (Å²) in [6.45, 7) is 1.68. The Kier molecular flexibility index (Phi) is 3.45. The zero-order valence-electron chi connectivity index (χ0n) is 10.1. The van der Waals surface area contributed by atoms with Crippen molar-refractivity contribution in [1.82, 2.24) is 4.90 Å². The van der Waals surface area contributed by atoms with Crippen molar-refractivity contribution in [3.8, 4) is 12.3 Å². The molecule has 2 rings (SSSR count). The second-order valence-electron chi connectivity index (χ2n) is 4.15. The van der Waals surface area contributed by atoms with E-state index in [1.165, 1.54) is 23.1 Å². The van der Waals surface area contributed by atoms with Gasteiger partial charge in [-0.2, -0.15) is 4.99 Å². The molecule has 0 saturated carbocycles. The minimum atomic E-state index is -0.614. The summed E-state index contributed by atoms with van der Waals surface area (Å²) in [5, 5.41) is -0.0436. The van der Waals surface area contributed by atoms with Crippen molar-refractivity contribution in [2.75, 3.05) is 0 Å². The van der Waals surface area contributed by atoms with Gasteiger partial charge < -0.3 is 5.73 Å². The van der Waals surface area contributed by atoms with Crippen molar-refractivity contribution >= 4 is 23.5 Å². The highest BCUT2D eigenvalue weighted by molar-refractivity contribution is 6.30. The van der Waals surface area contributed by atoms with Crippen LogP contribution in [0.4, 0.5) is 9.18 Å². The lowest BCUT2D eigenvalue weighted by Crippen LogP contribution is -2.39. The summed E-state index contributed by atoms with van der Waals surface area (Å²) in [4.78, 5) is 16.8. The zero-order valence-corrected chi connectivity index (χ0v) is 10.9. The molecule has 2 unspecified atom stereocenters. The predicted molar refractivity (Wildman–Crippen MR) is 71.3 cm³/mol. The monoisotopic (exact) mass is 279 g/mol. The number of urea groups is 1. The van der Waals surface area contributed by atoms with E-state index in [9.17, 15) is 9.18 Å². The van der Waals surface area contributed by atoms with Crippen LogP contribution in [0, 0.1) is 18.2 Å². The van der Waals surface area contributed by atoms with Crippen molar-refractivity contribution in [1.29, 1.82) is 0 Å². The van der Waals surface area contributed by atoms with E-state index in [4.69, 9.17) is 23.8 Å². The molecule has 2 N–H and O–H groups in total. The van der Waals surface area contributed by atoms with E-state index < -0.39 is 23.9 Å². The van der Waals surface area contributed by atoms with Gasteiger partial charge in [0.05, 0.1) is 11.1 Å². The lowest BCUT2D eigenvalue weighted by Gasteiger charge is -2.27. The number of carbonyl (C=O) groups excluding carboxylic acids is 1. The smallest absolute Gasteiger partial charge is 0.347 e. The van der Waals surface area contributed by atoms with E-state index in [0.29, 0.717) is 5.56 Å². The fourth-order valence-corrected chi connectivity index (χ4v) is 2.15. The number of benzene rings is 1. The van der Waals surface area contributed by atoms with E-state index in [-0.39, 0.29) is 10.9 Å². The number of hydrogen-bond donors (Lipinski definition) is 1. The molecule has 1 aliphatic heterocycles. The summed E-state index contributed by atoms with van der Waals surface area (Å²) in [5.74, 6) is 2.03. The fourth-order valence-electron chi connectivity index (χ4n) is 1.97. The second kappa shape index (κ2) is 4.90. The first kappa shape index (κ1) is 13.4. The van der Waals surface area contributed by atoms with Crippen molar-refractivity contribution < 1.29 is 9.18 Å². The van der Waals surface area contributed by atoms with Gasteiger partial charge >= 0.3 is 6.03 Å². The summed E-state index contributed by atoms with van der Waals surface area (Å²) >= 11 is 5.74. The Bertz CT molecular complexity index is 608. The highest BCUT2D eigenvalue weighted by Crippen LogP contribution is 2.30. The van der Waals surface area contributed by atoms with Crippen molar-refractivity contribution in [3.63, 3.8) is 0 Å². The number of carbonyl (C=O) groups is 1. The Hall–Kier alpha value is -2.06. The molecule has 0 saturated heterocycles. The third-order valence-corrected chi connectivity index (χ3v) is 3.21. The van der Waals surface area contributed by atoms with Gasteiger partial charge in [0.1, 0.15) is 17.7 Å². The number of terminal acetylenes is 1. The van der Waals surface area contributed by atoms with E-state index in [1.54, 1.807) is 6.92 Å². The number of aliphatic imine (C=N–C) groups is 1. The number of nitrogens with two attached hydrogens (primary N) is 1. The van der Waals surface area contributed by atoms with Gasteiger partial charge in [-0.1, -0.05) is 23.6 Å². The molecule has 19 heavy (non-hydrogen) atoms. The van der Waals surface area contributed by atoms with Gasteiger partial charge in [-0.05, 0) is 24.6 Å². The van der Waals surface area contributed by atoms with Crippen molar-refractivity contribution in [2.45, 2.75) is 19.0 Å². The van der Waals surface area contributed by atoms with Crippen LogP contribution in [0.25, 0.3) is 0 Å². The molecule has 2 amide bonds. The van der Waals surface area contributed by atoms with Crippen LogP contribution >= 0.6 is 11.6 Å². The zero-order chi connectivity index (χ0) is 14.2. The largest absolute Gasteiger partial charge is 0.385 e. The van der Waals surface area contributed by atoms with Gasteiger partial charge in [-0.3, -0.25) is 4.90 Å². The number of amidine groups is 1. The molecule has 6 heteroatoms. The minimum Gasteiger partial charge on any atom is -0.385 e. The molecule has 0 bridgehead atoms. The fraction of sp³-hybridized carbons (Fsp3) is 0.231. The molecule has 1 heterocycles. The van der Waals surface area contributed by atoms with Crippen LogP contribution < -0.4 is 5.73 Å². The molecular weight excluding hydrogens is 269 g/mol. The molecule has 1 aromatic carbocycles. The maximum absolute atomic E-state index is 13.2. The minimum absolute atomic E-state index is 0.0436. The van der Waals surface area contributed by atoms with Crippen molar-refractivity contribution in [2.24, 2.45) is 10.7 Å². The van der Waals surface area contributed by atoms with E-state index in [2.05, 4.69) is 10.9 Å². The Morgan fingerprint density at radius 2 is 2.32 bits per heavy atom. The second-order valence-corrected chi connectivity index (χ2v) is 4.55. The summed E-state index contributed by atoms with van der Waals surface area (Å²) in [6, 6.07) is 2.53. The molecule has 0 aliphatic carbocycles. The maximum atomic E-state index is 13.2. The molecule has 1 aromatic rings. The van der Waals surface area contributed by atoms with Gasteiger partial charge in [0.15, 0.2) is 0 Å². The molecule has 1 aliphatic rings. The van der Waals surface area contributed by atoms with Crippen LogP contribution in [0.3, 0.4) is 0 Å². The number of amides is 2. The summed E-state index contributed by atoms with van der Waals surface area (Å²) in [5.41, 5.74) is 6.32. The van der Waals surface area contributed by atoms with Gasteiger partial charge in [0.25, 0.3) is 0 Å². The average Bonchev–Trinajstić information content (AvgIpc) is 2.67. The average molecular weight is 280 g/mol. The summed E-state index contributed by atoms with van der Waals surface area (Å²) in [6.07, 6.45) is 5.33. The number of halogens is 2. The SMILES string of the molecule is C#CC(C)N1C(=O)N=C(N)C1c1ccc(F)c(Cl)c1. The molecule has 4 nitrogen and oxygen atoms in total. The number of nitrogens with zero attached hydrogens (tertiary/aromatic N) is 2. The number of rotatable bonds is 2. The van der Waals surface area contributed by atoms with Gasteiger partial charge in [-0.15, -0.1) is 6.42 Å². The predicted octanol–water partition coefficient (Wildman–Crippen LogP) is 2.33. The van der Waals surface area contributed by atoms with Crippen LogP contribution in [-0.2, 0) is 0 Å². The third-order valence-electron chi connectivity index (χ3n) is 2.92. The summed E-state index contributed by atoms with van der Waals surface area (Å²) in [7, 11) is 0. The van der Waals surface area contributed by atoms with Gasteiger partial charge in [0, 0.05) is 0 Å². The molecule has 0 aromatic heterocycles. The lowest BCUT2D eigenvalue weighted by atomic mass is 10.0. The van der Waals surface area contributed by atoms with Crippen LogP contribution in [0.5, 0.6) is 0 Å². The standard InChI is InChI=1S/C13H11ClFN3O/c1-3-7(2)18-11(12(16)17-13(18)19)8-4-5-10(15)9(14)6-8/h1,4-7,11H,2H3,(H2,16,17,19). The highest BCUT2D eigenvalue weighted by Gasteiger charge is 2.37. The Labute approximate surface area is 115 Å². The van der Waals surface area contributed by atoms with E-state index >= 15 is 0 Å². The first-order chi connectivity index (χ1) is 8.95.